The van der Waals surface area contributed by atoms with Crippen LogP contribution in [0.15, 0.2) is 54.6 Å². The van der Waals surface area contributed by atoms with E-state index in [4.69, 9.17) is 8.85 Å². The Morgan fingerprint density at radius 2 is 1.97 bits per heavy atom. The highest BCUT2D eigenvalue weighted by molar-refractivity contribution is 6.07. The van der Waals surface area contributed by atoms with E-state index in [1.165, 1.54) is 4.90 Å². The number of likely N-dealkylation sites (tertiary alicyclic amines) is 1. The Hall–Kier alpha value is -3.86. The Kier molecular flexibility index (Phi) is 5.73. The third-order valence-corrected chi connectivity index (χ3v) is 6.61. The Balaban J connectivity index is 1.65. The molecule has 3 unspecified atom stereocenters. The highest BCUT2D eigenvalue weighted by Gasteiger charge is 2.56. The summed E-state index contributed by atoms with van der Waals surface area (Å²) in [5, 5.41) is 12.8. The monoisotopic (exact) mass is 477 g/mol. The molecule has 1 N–H and O–H groups in total. The molecule has 35 heavy (non-hydrogen) atoms. The van der Waals surface area contributed by atoms with E-state index in [9.17, 15) is 19.6 Å². The van der Waals surface area contributed by atoms with Crippen molar-refractivity contribution in [3.8, 4) is 6.07 Å². The maximum absolute atomic E-state index is 14.0. The summed E-state index contributed by atoms with van der Waals surface area (Å²) < 4.78 is 29.6. The second-order valence-electron chi connectivity index (χ2n) is 9.45. The number of fused-ring (bicyclic) bond motifs is 2. The van der Waals surface area contributed by atoms with E-state index in [0.717, 1.165) is 0 Å². The van der Waals surface area contributed by atoms with Gasteiger partial charge in [0.05, 0.1) is 11.5 Å². The second kappa shape index (κ2) is 9.79. The molecule has 2 aliphatic heterocycles. The minimum absolute atomic E-state index is 0.0299. The van der Waals surface area contributed by atoms with Crippen LogP contribution in [0.3, 0.4) is 0 Å². The van der Waals surface area contributed by atoms with Crippen LogP contribution in [0.4, 0.5) is 10.5 Å². The van der Waals surface area contributed by atoms with Crippen molar-refractivity contribution >= 4 is 23.6 Å². The summed E-state index contributed by atoms with van der Waals surface area (Å²) in [6.07, 6.45) is -1.06. The summed E-state index contributed by atoms with van der Waals surface area (Å²) in [5.74, 6) is -1.18. The van der Waals surface area contributed by atoms with Crippen molar-refractivity contribution in [1.29, 1.82) is 5.26 Å². The lowest BCUT2D eigenvalue weighted by Gasteiger charge is -2.32. The van der Waals surface area contributed by atoms with Crippen molar-refractivity contribution < 1.29 is 23.2 Å². The van der Waals surface area contributed by atoms with Gasteiger partial charge in [0.1, 0.15) is 18.7 Å². The summed E-state index contributed by atoms with van der Waals surface area (Å²) in [6.45, 7) is 0.358. The van der Waals surface area contributed by atoms with Gasteiger partial charge in [-0.25, -0.2) is 4.79 Å². The van der Waals surface area contributed by atoms with Crippen LogP contribution in [0, 0.1) is 17.2 Å². The first-order valence-electron chi connectivity index (χ1n) is 13.1. The number of para-hydroxylation sites is 1. The van der Waals surface area contributed by atoms with Crippen molar-refractivity contribution in [2.24, 2.45) is 5.92 Å². The van der Waals surface area contributed by atoms with Crippen LogP contribution in [-0.4, -0.2) is 53.3 Å². The normalized spacial score (nSPS) is 23.0. The number of anilines is 1. The molecule has 0 radical (unpaired) electrons. The number of nitrogens with one attached hydrogen (secondary N) is 1. The molecule has 2 aromatic carbocycles. The van der Waals surface area contributed by atoms with Gasteiger partial charge >= 0.3 is 6.09 Å². The van der Waals surface area contributed by atoms with Gasteiger partial charge in [-0.2, -0.15) is 5.26 Å². The predicted molar refractivity (Wildman–Crippen MR) is 130 cm³/mol. The van der Waals surface area contributed by atoms with Gasteiger partial charge in [0.15, 0.2) is 0 Å². The number of rotatable bonds is 6. The number of likely N-dealkylation sites (N-methyl/N-ethyl adjacent to an activating group) is 1. The molecule has 2 aromatic rings. The van der Waals surface area contributed by atoms with Crippen LogP contribution >= 0.6 is 0 Å². The molecule has 1 spiro atoms. The molecule has 2 heterocycles. The van der Waals surface area contributed by atoms with E-state index in [1.807, 2.05) is 0 Å². The highest BCUT2D eigenvalue weighted by atomic mass is 16.6. The average molecular weight is 478 g/mol. The molecule has 0 bridgehead atoms. The lowest BCUT2D eigenvalue weighted by Crippen LogP contribution is -2.52. The minimum Gasteiger partial charge on any atom is -0.445 e. The maximum atomic E-state index is 14.0. The third-order valence-electron chi connectivity index (χ3n) is 6.61. The van der Waals surface area contributed by atoms with E-state index in [0.29, 0.717) is 21.7 Å². The molecule has 1 saturated heterocycles. The van der Waals surface area contributed by atoms with Gasteiger partial charge in [0, 0.05) is 29.7 Å². The molecular formula is C27H30N4O4. The average Bonchev–Trinajstić information content (AvgIpc) is 3.39. The number of ether oxygens (including phenoxy) is 1. The van der Waals surface area contributed by atoms with Crippen LogP contribution in [0.5, 0.6) is 0 Å². The zero-order chi connectivity index (χ0) is 27.7. The maximum Gasteiger partial charge on any atom is 0.410 e. The molecule has 1 fully saturated rings. The zero-order valence-corrected chi connectivity index (χ0v) is 19.7. The van der Waals surface area contributed by atoms with Gasteiger partial charge in [0.25, 0.3) is 0 Å². The van der Waals surface area contributed by atoms with Gasteiger partial charge in [-0.3, -0.25) is 14.5 Å². The smallest absolute Gasteiger partial charge is 0.410 e. The third kappa shape index (κ3) is 4.59. The van der Waals surface area contributed by atoms with Crippen LogP contribution in [-0.2, 0) is 26.3 Å². The number of nitrogens with zero attached hydrogens (tertiary/aromatic N) is 3. The number of carbonyl (C=O) groups excluding carboxylic acids is 3. The summed E-state index contributed by atoms with van der Waals surface area (Å²) >= 11 is 0. The van der Waals surface area contributed by atoms with Crippen LogP contribution in [0.25, 0.3) is 0 Å². The zero-order valence-electron chi connectivity index (χ0n) is 22.7. The van der Waals surface area contributed by atoms with Crippen molar-refractivity contribution in [1.82, 2.24) is 9.80 Å². The molecule has 2 aliphatic rings. The largest absolute Gasteiger partial charge is 0.445 e. The quantitative estimate of drug-likeness (QED) is 0.684. The Labute approximate surface area is 209 Å². The molecule has 8 heteroatoms. The van der Waals surface area contributed by atoms with Crippen LogP contribution in [0.2, 0.25) is 0 Å². The van der Waals surface area contributed by atoms with Gasteiger partial charge < -0.3 is 15.0 Å². The van der Waals surface area contributed by atoms with E-state index in [2.05, 4.69) is 11.4 Å². The first-order valence-corrected chi connectivity index (χ1v) is 11.6. The molecule has 0 aliphatic carbocycles. The van der Waals surface area contributed by atoms with Gasteiger partial charge in [-0.05, 0) is 29.5 Å². The topological polar surface area (TPSA) is 103 Å². The fourth-order valence-electron chi connectivity index (χ4n) is 4.86. The van der Waals surface area contributed by atoms with E-state index in [-0.39, 0.29) is 37.8 Å². The number of carbonyl (C=O) groups is 3. The van der Waals surface area contributed by atoms with Crippen LogP contribution < -0.4 is 5.32 Å². The number of benzene rings is 2. The summed E-state index contributed by atoms with van der Waals surface area (Å²) in [4.78, 5) is 42.1. The molecule has 4 rings (SSSR count). The SMILES string of the molecule is [2H]C([2H])([2H])N(C(=O)OCc1ccccc1)C(CC(C)C)C(=O)N1CC2(CC1C#N)C(=O)Nc1ccccc12. The lowest BCUT2D eigenvalue weighted by molar-refractivity contribution is -0.137. The first-order chi connectivity index (χ1) is 18.0. The number of amides is 3. The van der Waals surface area contributed by atoms with Gasteiger partial charge in [-0.15, -0.1) is 0 Å². The van der Waals surface area contributed by atoms with E-state index in [1.54, 1.807) is 68.4 Å². The first kappa shape index (κ1) is 20.5. The fourth-order valence-corrected chi connectivity index (χ4v) is 4.86. The summed E-state index contributed by atoms with van der Waals surface area (Å²) in [7, 11) is 0. The Bertz CT molecular complexity index is 1260. The molecule has 0 saturated carbocycles. The lowest BCUT2D eigenvalue weighted by atomic mass is 9.80. The molecule has 3 amide bonds. The number of nitriles is 1. The molecule has 3 atom stereocenters. The minimum atomic E-state index is -2.99. The van der Waals surface area contributed by atoms with Gasteiger partial charge in [-0.1, -0.05) is 62.4 Å². The number of hydrogen-bond acceptors (Lipinski definition) is 5. The van der Waals surface area contributed by atoms with Crippen LogP contribution in [0.1, 0.15) is 41.9 Å². The van der Waals surface area contributed by atoms with E-state index < -0.39 is 36.5 Å². The summed E-state index contributed by atoms with van der Waals surface area (Å²) in [5.41, 5.74) is 0.843. The highest BCUT2D eigenvalue weighted by Crippen LogP contribution is 2.46. The molecule has 182 valence electrons. The van der Waals surface area contributed by atoms with E-state index >= 15 is 0 Å². The molecule has 0 aromatic heterocycles. The van der Waals surface area contributed by atoms with Crippen molar-refractivity contribution in [2.45, 2.75) is 50.8 Å². The van der Waals surface area contributed by atoms with Crippen molar-refractivity contribution in [2.75, 3.05) is 18.8 Å². The second-order valence-corrected chi connectivity index (χ2v) is 9.45. The predicted octanol–water partition coefficient (Wildman–Crippen LogP) is 3.68. The fraction of sp³-hybridized carbons (Fsp3) is 0.407. The van der Waals surface area contributed by atoms with Gasteiger partial charge in [0.2, 0.25) is 11.8 Å². The molecule has 8 nitrogen and oxygen atoms in total. The van der Waals surface area contributed by atoms with Crippen molar-refractivity contribution in [3.63, 3.8) is 0 Å². The van der Waals surface area contributed by atoms with Crippen molar-refractivity contribution in [3.05, 3.63) is 65.7 Å². The Morgan fingerprint density at radius 1 is 1.26 bits per heavy atom. The number of hydrogen-bond donors (Lipinski definition) is 1. The standard InChI is InChI=1S/C27H30N4O4/c1-18(2)13-23(30(3)26(34)35-16-19-9-5-4-6-10-19)24(32)31-17-27(14-20(31)15-28)21-11-7-8-12-22(21)29-25(27)33/h4-12,18,20,23H,13-14,16-17H2,1-3H3,(H,29,33)/i3D3. The molecular weight excluding hydrogens is 444 g/mol. The summed E-state index contributed by atoms with van der Waals surface area (Å²) in [6, 6.07) is 15.6. The Morgan fingerprint density at radius 3 is 2.66 bits per heavy atom.